The van der Waals surface area contributed by atoms with Crippen LogP contribution in [-0.2, 0) is 13.0 Å². The van der Waals surface area contributed by atoms with Crippen molar-refractivity contribution in [3.05, 3.63) is 23.3 Å². The van der Waals surface area contributed by atoms with Crippen LogP contribution in [0.25, 0.3) is 0 Å². The molecule has 0 aliphatic carbocycles. The Labute approximate surface area is 176 Å². The van der Waals surface area contributed by atoms with Crippen LogP contribution in [0.15, 0.2) is 17.1 Å². The molecule has 2 heterocycles. The van der Waals surface area contributed by atoms with Gasteiger partial charge in [0.1, 0.15) is 17.6 Å². The normalized spacial score (nSPS) is 19.1. The smallest absolute Gasteiger partial charge is 0.191 e. The minimum absolute atomic E-state index is 0.234. The highest BCUT2D eigenvalue weighted by Gasteiger charge is 2.21. The molecule has 1 aromatic carbocycles. The van der Waals surface area contributed by atoms with Crippen molar-refractivity contribution in [2.45, 2.75) is 65.5 Å². The van der Waals surface area contributed by atoms with Crippen LogP contribution in [0.3, 0.4) is 0 Å². The van der Waals surface area contributed by atoms with Crippen LogP contribution in [0.5, 0.6) is 11.5 Å². The maximum absolute atomic E-state index is 5.93. The summed E-state index contributed by atoms with van der Waals surface area (Å²) in [6.07, 6.45) is 6.31. The standard InChI is InChI=1S/C23H38N4O2/c1-4-24-23(25-10-6-7-11-27-12-8-9-13-27)26-17-20-16-22-19(14-18(3)29-22)15-21(20)28-5-2/h15-16,18H,4-14,17H2,1-3H3,(H2,24,25,26). The molecule has 1 fully saturated rings. The van der Waals surface area contributed by atoms with Crippen molar-refractivity contribution < 1.29 is 9.47 Å². The predicted molar refractivity (Wildman–Crippen MR) is 119 cm³/mol. The van der Waals surface area contributed by atoms with E-state index >= 15 is 0 Å². The van der Waals surface area contributed by atoms with Crippen LogP contribution in [0.1, 0.15) is 57.6 Å². The fraction of sp³-hybridized carbons (Fsp3) is 0.696. The number of benzene rings is 1. The predicted octanol–water partition coefficient (Wildman–Crippen LogP) is 3.34. The maximum atomic E-state index is 5.93. The van der Waals surface area contributed by atoms with Crippen LogP contribution in [-0.4, -0.2) is 56.3 Å². The van der Waals surface area contributed by atoms with E-state index in [-0.39, 0.29) is 6.10 Å². The number of ether oxygens (including phenoxy) is 2. The zero-order valence-electron chi connectivity index (χ0n) is 18.4. The van der Waals surface area contributed by atoms with E-state index in [1.807, 2.05) is 6.92 Å². The molecule has 3 rings (SSSR count). The largest absolute Gasteiger partial charge is 0.494 e. The highest BCUT2D eigenvalue weighted by Crippen LogP contribution is 2.35. The van der Waals surface area contributed by atoms with Crippen molar-refractivity contribution in [2.75, 3.05) is 39.3 Å². The van der Waals surface area contributed by atoms with Crippen LogP contribution in [0, 0.1) is 0 Å². The van der Waals surface area contributed by atoms with Gasteiger partial charge in [-0.2, -0.15) is 0 Å². The number of unbranched alkanes of at least 4 members (excludes halogenated alkanes) is 1. The van der Waals surface area contributed by atoms with Gasteiger partial charge in [-0.1, -0.05) is 0 Å². The number of fused-ring (bicyclic) bond motifs is 1. The van der Waals surface area contributed by atoms with Crippen molar-refractivity contribution in [2.24, 2.45) is 4.99 Å². The second-order valence-corrected chi connectivity index (χ2v) is 8.01. The molecule has 1 saturated heterocycles. The molecule has 29 heavy (non-hydrogen) atoms. The van der Waals surface area contributed by atoms with Crippen molar-refractivity contribution in [3.8, 4) is 11.5 Å². The number of rotatable bonds is 10. The van der Waals surface area contributed by atoms with Gasteiger partial charge in [-0.25, -0.2) is 4.99 Å². The highest BCUT2D eigenvalue weighted by molar-refractivity contribution is 5.79. The van der Waals surface area contributed by atoms with Gasteiger partial charge in [0.15, 0.2) is 5.96 Å². The van der Waals surface area contributed by atoms with Gasteiger partial charge in [0.2, 0.25) is 0 Å². The number of nitrogens with one attached hydrogen (secondary N) is 2. The average molecular weight is 403 g/mol. The number of hydrogen-bond acceptors (Lipinski definition) is 4. The van der Waals surface area contributed by atoms with Gasteiger partial charge in [-0.05, 0) is 78.2 Å². The molecular formula is C23H38N4O2. The zero-order valence-corrected chi connectivity index (χ0v) is 18.4. The van der Waals surface area contributed by atoms with E-state index in [0.717, 1.165) is 49.0 Å². The first-order valence-electron chi connectivity index (χ1n) is 11.4. The first-order valence-corrected chi connectivity index (χ1v) is 11.4. The molecular weight excluding hydrogens is 364 g/mol. The third-order valence-electron chi connectivity index (χ3n) is 5.52. The van der Waals surface area contributed by atoms with Gasteiger partial charge in [-0.15, -0.1) is 0 Å². The molecule has 1 atom stereocenters. The first-order chi connectivity index (χ1) is 14.2. The van der Waals surface area contributed by atoms with Gasteiger partial charge in [0, 0.05) is 30.6 Å². The lowest BCUT2D eigenvalue weighted by Crippen LogP contribution is -2.38. The third-order valence-corrected chi connectivity index (χ3v) is 5.52. The molecule has 2 aliphatic rings. The van der Waals surface area contributed by atoms with Crippen molar-refractivity contribution in [3.63, 3.8) is 0 Å². The summed E-state index contributed by atoms with van der Waals surface area (Å²) >= 11 is 0. The molecule has 6 nitrogen and oxygen atoms in total. The highest BCUT2D eigenvalue weighted by atomic mass is 16.5. The summed E-state index contributed by atoms with van der Waals surface area (Å²) in [7, 11) is 0. The van der Waals surface area contributed by atoms with Gasteiger partial charge < -0.3 is 25.0 Å². The number of nitrogens with zero attached hydrogens (tertiary/aromatic N) is 2. The zero-order chi connectivity index (χ0) is 20.5. The molecule has 0 radical (unpaired) electrons. The lowest BCUT2D eigenvalue weighted by Gasteiger charge is -2.15. The lowest BCUT2D eigenvalue weighted by atomic mass is 10.1. The van der Waals surface area contributed by atoms with E-state index in [0.29, 0.717) is 13.2 Å². The van der Waals surface area contributed by atoms with Crippen molar-refractivity contribution in [1.82, 2.24) is 15.5 Å². The summed E-state index contributed by atoms with van der Waals surface area (Å²) in [5.41, 5.74) is 2.31. The molecule has 0 bridgehead atoms. The van der Waals surface area contributed by atoms with E-state index in [9.17, 15) is 0 Å². The van der Waals surface area contributed by atoms with Crippen LogP contribution in [0.4, 0.5) is 0 Å². The number of likely N-dealkylation sites (tertiary alicyclic amines) is 1. The Bertz CT molecular complexity index is 671. The lowest BCUT2D eigenvalue weighted by molar-refractivity contribution is 0.254. The molecule has 6 heteroatoms. The van der Waals surface area contributed by atoms with Crippen molar-refractivity contribution in [1.29, 1.82) is 0 Å². The van der Waals surface area contributed by atoms with E-state index in [1.54, 1.807) is 0 Å². The summed E-state index contributed by atoms with van der Waals surface area (Å²) in [6.45, 7) is 13.0. The Kier molecular flexibility index (Phi) is 8.47. The molecule has 2 N–H and O–H groups in total. The fourth-order valence-electron chi connectivity index (χ4n) is 4.07. The summed E-state index contributed by atoms with van der Waals surface area (Å²) in [6, 6.07) is 4.23. The Hall–Kier alpha value is -1.95. The van der Waals surface area contributed by atoms with E-state index in [2.05, 4.69) is 41.5 Å². The SMILES string of the molecule is CCNC(=NCc1cc2c(cc1OCC)CC(C)O2)NCCCCN1CCCC1. The molecule has 0 amide bonds. The van der Waals surface area contributed by atoms with Gasteiger partial charge in [-0.3, -0.25) is 0 Å². The quantitative estimate of drug-likeness (QED) is 0.357. The molecule has 0 saturated carbocycles. The molecule has 0 spiro atoms. The van der Waals surface area contributed by atoms with E-state index in [4.69, 9.17) is 14.5 Å². The minimum Gasteiger partial charge on any atom is -0.494 e. The molecule has 1 aromatic rings. The monoisotopic (exact) mass is 402 g/mol. The minimum atomic E-state index is 0.234. The third kappa shape index (κ3) is 6.53. The Morgan fingerprint density at radius 3 is 2.79 bits per heavy atom. The fourth-order valence-corrected chi connectivity index (χ4v) is 4.07. The summed E-state index contributed by atoms with van der Waals surface area (Å²) in [5, 5.41) is 6.83. The summed E-state index contributed by atoms with van der Waals surface area (Å²) < 4.78 is 11.8. The number of aliphatic imine (C=N–C) groups is 1. The van der Waals surface area contributed by atoms with Gasteiger partial charge in [0.05, 0.1) is 13.2 Å². The first kappa shape index (κ1) is 21.8. The van der Waals surface area contributed by atoms with Crippen LogP contribution < -0.4 is 20.1 Å². The van der Waals surface area contributed by atoms with E-state index < -0.39 is 0 Å². The Balaban J connectivity index is 1.54. The van der Waals surface area contributed by atoms with Crippen LogP contribution in [0.2, 0.25) is 0 Å². The van der Waals surface area contributed by atoms with Crippen molar-refractivity contribution >= 4 is 5.96 Å². The average Bonchev–Trinajstić information content (AvgIpc) is 3.34. The number of hydrogen-bond donors (Lipinski definition) is 2. The molecule has 1 unspecified atom stereocenters. The maximum Gasteiger partial charge on any atom is 0.191 e. The van der Waals surface area contributed by atoms with E-state index in [1.165, 1.54) is 44.5 Å². The Morgan fingerprint density at radius 1 is 1.21 bits per heavy atom. The molecule has 2 aliphatic heterocycles. The Morgan fingerprint density at radius 2 is 2.03 bits per heavy atom. The number of guanidine groups is 1. The molecule has 0 aromatic heterocycles. The summed E-state index contributed by atoms with van der Waals surface area (Å²) in [4.78, 5) is 7.37. The van der Waals surface area contributed by atoms with Crippen LogP contribution >= 0.6 is 0 Å². The van der Waals surface area contributed by atoms with Gasteiger partial charge >= 0.3 is 0 Å². The van der Waals surface area contributed by atoms with Gasteiger partial charge in [0.25, 0.3) is 0 Å². The summed E-state index contributed by atoms with van der Waals surface area (Å²) in [5.74, 6) is 2.77. The topological polar surface area (TPSA) is 58.1 Å². The second-order valence-electron chi connectivity index (χ2n) is 8.01. The molecule has 162 valence electrons. The second kappa shape index (κ2) is 11.3.